The molecule has 4 nitrogen and oxygen atoms in total. The van der Waals surface area contributed by atoms with Gasteiger partial charge in [0, 0.05) is 24.7 Å². The molecule has 0 atom stereocenters. The van der Waals surface area contributed by atoms with Crippen molar-refractivity contribution in [1.82, 2.24) is 9.62 Å². The lowest BCUT2D eigenvalue weighted by Gasteiger charge is -2.18. The zero-order valence-electron chi connectivity index (χ0n) is 12.6. The van der Waals surface area contributed by atoms with Gasteiger partial charge in [0.15, 0.2) is 0 Å². The summed E-state index contributed by atoms with van der Waals surface area (Å²) in [6.07, 6.45) is 5.19. The van der Waals surface area contributed by atoms with Crippen molar-refractivity contribution >= 4 is 10.0 Å². The molecule has 0 spiro atoms. The number of sulfonamides is 1. The Morgan fingerprint density at radius 1 is 1.43 bits per heavy atom. The molecule has 0 aliphatic heterocycles. The molecule has 116 valence electrons. The second-order valence-corrected chi connectivity index (χ2v) is 6.86. The molecule has 21 heavy (non-hydrogen) atoms. The van der Waals surface area contributed by atoms with Gasteiger partial charge < -0.3 is 5.32 Å². The lowest BCUT2D eigenvalue weighted by molar-refractivity contribution is 0.463. The van der Waals surface area contributed by atoms with Crippen molar-refractivity contribution in [2.75, 3.05) is 13.1 Å². The average molecular weight is 312 g/mol. The normalized spacial score (nSPS) is 11.9. The minimum absolute atomic E-state index is 0.00418. The van der Waals surface area contributed by atoms with Crippen molar-refractivity contribution in [3.63, 3.8) is 0 Å². The van der Waals surface area contributed by atoms with Crippen LogP contribution < -0.4 is 5.32 Å². The Balaban J connectivity index is 3.13. The van der Waals surface area contributed by atoms with Gasteiger partial charge in [0.1, 0.15) is 5.82 Å². The minimum atomic E-state index is -3.69. The van der Waals surface area contributed by atoms with Crippen LogP contribution in [0.5, 0.6) is 0 Å². The van der Waals surface area contributed by atoms with E-state index in [0.717, 1.165) is 0 Å². The van der Waals surface area contributed by atoms with Crippen LogP contribution in [0.15, 0.2) is 23.1 Å². The van der Waals surface area contributed by atoms with E-state index in [1.807, 2.05) is 13.8 Å². The second-order valence-electron chi connectivity index (χ2n) is 4.92. The van der Waals surface area contributed by atoms with Gasteiger partial charge in [0.05, 0.1) is 11.4 Å². The van der Waals surface area contributed by atoms with Crippen LogP contribution >= 0.6 is 0 Å². The molecule has 0 aliphatic rings. The summed E-state index contributed by atoms with van der Waals surface area (Å²) in [4.78, 5) is 0.0570. The molecule has 0 radical (unpaired) electrons. The van der Waals surface area contributed by atoms with Gasteiger partial charge in [0.2, 0.25) is 10.0 Å². The van der Waals surface area contributed by atoms with Crippen molar-refractivity contribution in [3.8, 4) is 12.3 Å². The summed E-state index contributed by atoms with van der Waals surface area (Å²) < 4.78 is 39.8. The number of terminal acetylenes is 1. The molecule has 6 heteroatoms. The van der Waals surface area contributed by atoms with Gasteiger partial charge in [-0.15, -0.1) is 6.42 Å². The number of nitrogens with zero attached hydrogens (tertiary/aromatic N) is 1. The van der Waals surface area contributed by atoms with Gasteiger partial charge in [-0.05, 0) is 18.2 Å². The van der Waals surface area contributed by atoms with E-state index in [-0.39, 0.29) is 30.6 Å². The first-order chi connectivity index (χ1) is 9.82. The summed E-state index contributed by atoms with van der Waals surface area (Å²) in [7, 11) is -3.69. The first-order valence-electron chi connectivity index (χ1n) is 6.78. The monoisotopic (exact) mass is 312 g/mol. The van der Waals surface area contributed by atoms with Crippen LogP contribution in [0.3, 0.4) is 0 Å². The Morgan fingerprint density at radius 2 is 2.10 bits per heavy atom. The van der Waals surface area contributed by atoms with Crippen molar-refractivity contribution in [1.29, 1.82) is 0 Å². The number of benzene rings is 1. The van der Waals surface area contributed by atoms with Crippen LogP contribution in [-0.2, 0) is 16.6 Å². The molecule has 0 unspecified atom stereocenters. The van der Waals surface area contributed by atoms with Gasteiger partial charge in [-0.2, -0.15) is 4.31 Å². The zero-order chi connectivity index (χ0) is 16.0. The standard InChI is InChI=1S/C15H21FN2O2S/c1-5-9-18(6-2)21(19,20)14-7-8-15(16)13(10-14)11-17-12(3)4/h1,7-8,10,12,17H,6,9,11H2,2-4H3. The highest BCUT2D eigenvalue weighted by Crippen LogP contribution is 2.19. The Bertz CT molecular complexity index is 621. The second kappa shape index (κ2) is 7.55. The molecular formula is C15H21FN2O2S. The highest BCUT2D eigenvalue weighted by Gasteiger charge is 2.23. The largest absolute Gasteiger partial charge is 0.310 e. The molecule has 0 fully saturated rings. The maximum absolute atomic E-state index is 13.8. The van der Waals surface area contributed by atoms with Crippen LogP contribution in [0.25, 0.3) is 0 Å². The Labute approximate surface area is 126 Å². The number of hydrogen-bond acceptors (Lipinski definition) is 3. The van der Waals surface area contributed by atoms with Gasteiger partial charge in [-0.1, -0.05) is 26.7 Å². The van der Waals surface area contributed by atoms with Gasteiger partial charge in [-0.3, -0.25) is 0 Å². The smallest absolute Gasteiger partial charge is 0.243 e. The third kappa shape index (κ3) is 4.53. The Kier molecular flexibility index (Phi) is 6.34. The molecule has 0 saturated carbocycles. The maximum Gasteiger partial charge on any atom is 0.243 e. The lowest BCUT2D eigenvalue weighted by atomic mass is 10.2. The summed E-state index contributed by atoms with van der Waals surface area (Å²) in [5.41, 5.74) is 0.321. The summed E-state index contributed by atoms with van der Waals surface area (Å²) >= 11 is 0. The number of nitrogens with one attached hydrogen (secondary N) is 1. The Morgan fingerprint density at radius 3 is 2.62 bits per heavy atom. The molecular weight excluding hydrogens is 291 g/mol. The SMILES string of the molecule is C#CCN(CC)S(=O)(=O)c1ccc(F)c(CNC(C)C)c1. The third-order valence-corrected chi connectivity index (χ3v) is 4.89. The molecule has 0 aliphatic carbocycles. The average Bonchev–Trinajstić information content (AvgIpc) is 2.43. The number of halogens is 1. The molecule has 1 aromatic carbocycles. The third-order valence-electron chi connectivity index (χ3n) is 2.98. The fourth-order valence-corrected chi connectivity index (χ4v) is 3.19. The number of rotatable bonds is 7. The van der Waals surface area contributed by atoms with Gasteiger partial charge in [0.25, 0.3) is 0 Å². The highest BCUT2D eigenvalue weighted by molar-refractivity contribution is 7.89. The zero-order valence-corrected chi connectivity index (χ0v) is 13.4. The molecule has 1 N–H and O–H groups in total. The van der Waals surface area contributed by atoms with E-state index < -0.39 is 15.8 Å². The van der Waals surface area contributed by atoms with Crippen molar-refractivity contribution in [3.05, 3.63) is 29.6 Å². The van der Waals surface area contributed by atoms with E-state index in [1.165, 1.54) is 22.5 Å². The molecule has 0 amide bonds. The quantitative estimate of drug-likeness (QED) is 0.783. The minimum Gasteiger partial charge on any atom is -0.310 e. The summed E-state index contributed by atoms with van der Waals surface area (Å²) in [6, 6.07) is 3.98. The molecule has 1 rings (SSSR count). The van der Waals surface area contributed by atoms with Crippen LogP contribution in [0.1, 0.15) is 26.3 Å². The molecule has 1 aromatic rings. The molecule has 0 saturated heterocycles. The predicted octanol–water partition coefficient (Wildman–Crippen LogP) is 1.97. The fraction of sp³-hybridized carbons (Fsp3) is 0.467. The van der Waals surface area contributed by atoms with Crippen molar-refractivity contribution < 1.29 is 12.8 Å². The van der Waals surface area contributed by atoms with Crippen LogP contribution in [0.2, 0.25) is 0 Å². The van der Waals surface area contributed by atoms with Crippen LogP contribution in [0.4, 0.5) is 4.39 Å². The van der Waals surface area contributed by atoms with E-state index in [0.29, 0.717) is 5.56 Å². The fourth-order valence-electron chi connectivity index (χ4n) is 1.78. The highest BCUT2D eigenvalue weighted by atomic mass is 32.2. The van der Waals surface area contributed by atoms with Crippen LogP contribution in [0, 0.1) is 18.2 Å². The van der Waals surface area contributed by atoms with Crippen LogP contribution in [-0.4, -0.2) is 31.9 Å². The van der Waals surface area contributed by atoms with E-state index >= 15 is 0 Å². The van der Waals surface area contributed by atoms with E-state index in [1.54, 1.807) is 6.92 Å². The van der Waals surface area contributed by atoms with Gasteiger partial charge in [-0.25, -0.2) is 12.8 Å². The maximum atomic E-state index is 13.8. The topological polar surface area (TPSA) is 49.4 Å². The van der Waals surface area contributed by atoms with Crippen molar-refractivity contribution in [2.24, 2.45) is 0 Å². The van der Waals surface area contributed by atoms with Gasteiger partial charge >= 0.3 is 0 Å². The van der Waals surface area contributed by atoms with E-state index in [2.05, 4.69) is 11.2 Å². The Hall–Kier alpha value is -1.42. The lowest BCUT2D eigenvalue weighted by Crippen LogP contribution is -2.31. The molecule has 0 bridgehead atoms. The van der Waals surface area contributed by atoms with E-state index in [4.69, 9.17) is 6.42 Å². The van der Waals surface area contributed by atoms with Crippen molar-refractivity contribution in [2.45, 2.75) is 38.3 Å². The summed E-state index contributed by atoms with van der Waals surface area (Å²) in [5, 5.41) is 3.07. The number of hydrogen-bond donors (Lipinski definition) is 1. The molecule has 0 aromatic heterocycles. The van der Waals surface area contributed by atoms with E-state index in [9.17, 15) is 12.8 Å². The first-order valence-corrected chi connectivity index (χ1v) is 8.22. The predicted molar refractivity (Wildman–Crippen MR) is 81.6 cm³/mol. The molecule has 0 heterocycles. The first kappa shape index (κ1) is 17.6. The summed E-state index contributed by atoms with van der Waals surface area (Å²) in [6.45, 7) is 6.11. The summed E-state index contributed by atoms with van der Waals surface area (Å²) in [5.74, 6) is 1.89.